The van der Waals surface area contributed by atoms with Gasteiger partial charge in [-0.3, -0.25) is 4.79 Å². The van der Waals surface area contributed by atoms with Gasteiger partial charge in [0.15, 0.2) is 0 Å². The maximum Gasteiger partial charge on any atom is 0.238 e. The first kappa shape index (κ1) is 9.64. The molecule has 4 fully saturated rings. The molecular weight excluding hydrogens is 188 g/mol. The van der Waals surface area contributed by atoms with Gasteiger partial charge in [-0.15, -0.1) is 0 Å². The van der Waals surface area contributed by atoms with E-state index in [2.05, 4.69) is 5.32 Å². The summed E-state index contributed by atoms with van der Waals surface area (Å²) in [5.74, 6) is 2.67. The molecule has 0 spiro atoms. The van der Waals surface area contributed by atoms with E-state index in [9.17, 15) is 4.79 Å². The van der Waals surface area contributed by atoms with E-state index in [-0.39, 0.29) is 11.4 Å². The molecule has 4 bridgehead atoms. The van der Waals surface area contributed by atoms with Crippen LogP contribution < -0.4 is 11.1 Å². The number of carbonyl (C=O) groups is 1. The number of likely N-dealkylation sites (N-methyl/N-ethyl adjacent to an activating group) is 1. The van der Waals surface area contributed by atoms with Gasteiger partial charge in [0.25, 0.3) is 0 Å². The van der Waals surface area contributed by atoms with Gasteiger partial charge in [-0.2, -0.15) is 0 Å². The van der Waals surface area contributed by atoms with Gasteiger partial charge in [0, 0.05) is 0 Å². The van der Waals surface area contributed by atoms with Crippen molar-refractivity contribution in [2.24, 2.45) is 29.4 Å². The molecule has 4 saturated carbocycles. The Bertz CT molecular complexity index is 272. The zero-order chi connectivity index (χ0) is 10.6. The van der Waals surface area contributed by atoms with Crippen molar-refractivity contribution in [3.63, 3.8) is 0 Å². The lowest BCUT2D eigenvalue weighted by molar-refractivity contribution is -0.142. The Labute approximate surface area is 90.8 Å². The minimum atomic E-state index is -0.368. The maximum atomic E-state index is 11.8. The summed E-state index contributed by atoms with van der Waals surface area (Å²) in [4.78, 5) is 11.8. The van der Waals surface area contributed by atoms with Crippen LogP contribution in [0.5, 0.6) is 0 Å². The second-order valence-electron chi connectivity index (χ2n) is 5.79. The highest BCUT2D eigenvalue weighted by atomic mass is 16.1. The summed E-state index contributed by atoms with van der Waals surface area (Å²) in [5.41, 5.74) is 5.29. The highest BCUT2D eigenvalue weighted by Crippen LogP contribution is 2.57. The van der Waals surface area contributed by atoms with Crippen LogP contribution >= 0.6 is 0 Å². The van der Waals surface area contributed by atoms with Crippen LogP contribution in [0.15, 0.2) is 0 Å². The molecule has 0 aliphatic heterocycles. The minimum absolute atomic E-state index is 0.112. The molecule has 0 aromatic heterocycles. The predicted octanol–water partition coefficient (Wildman–Crippen LogP) is 0.886. The Morgan fingerprint density at radius 2 is 1.60 bits per heavy atom. The number of rotatable bonds is 2. The average Bonchev–Trinajstić information content (AvgIpc) is 2.16. The summed E-state index contributed by atoms with van der Waals surface area (Å²) in [5, 5.41) is 3.29. The van der Waals surface area contributed by atoms with E-state index in [1.54, 1.807) is 0 Å². The van der Waals surface area contributed by atoms with E-state index in [0.29, 0.717) is 11.8 Å². The van der Waals surface area contributed by atoms with Crippen molar-refractivity contribution >= 4 is 5.91 Å². The van der Waals surface area contributed by atoms with Crippen LogP contribution in [-0.4, -0.2) is 18.5 Å². The number of hydrogen-bond donors (Lipinski definition) is 2. The molecule has 4 aliphatic carbocycles. The molecule has 0 heterocycles. The molecule has 3 heteroatoms. The largest absolute Gasteiger partial charge is 0.368 e. The summed E-state index contributed by atoms with van der Waals surface area (Å²) in [6, 6.07) is 0. The SMILES string of the molecule is CNC1(C(N)=O)C2CC3CC(C2)CC1C3. The molecule has 3 N–H and O–H groups in total. The van der Waals surface area contributed by atoms with Crippen LogP contribution in [0.4, 0.5) is 0 Å². The Balaban J connectivity index is 1.99. The third-order valence-corrected chi connectivity index (χ3v) is 5.25. The zero-order valence-electron chi connectivity index (χ0n) is 9.33. The van der Waals surface area contributed by atoms with Crippen LogP contribution in [0.25, 0.3) is 0 Å². The predicted molar refractivity (Wildman–Crippen MR) is 58.0 cm³/mol. The van der Waals surface area contributed by atoms with Gasteiger partial charge >= 0.3 is 0 Å². The fraction of sp³-hybridized carbons (Fsp3) is 0.917. The molecule has 0 aromatic rings. The first-order chi connectivity index (χ1) is 7.16. The van der Waals surface area contributed by atoms with Crippen LogP contribution in [0, 0.1) is 23.7 Å². The van der Waals surface area contributed by atoms with Crippen molar-refractivity contribution in [3.05, 3.63) is 0 Å². The third kappa shape index (κ3) is 1.07. The molecule has 15 heavy (non-hydrogen) atoms. The highest BCUT2D eigenvalue weighted by molar-refractivity contribution is 5.86. The first-order valence-electron chi connectivity index (χ1n) is 6.15. The van der Waals surface area contributed by atoms with E-state index >= 15 is 0 Å². The lowest BCUT2D eigenvalue weighted by atomic mass is 9.48. The van der Waals surface area contributed by atoms with Gasteiger partial charge < -0.3 is 11.1 Å². The summed E-state index contributed by atoms with van der Waals surface area (Å²) in [6.45, 7) is 0. The summed E-state index contributed by atoms with van der Waals surface area (Å²) in [6.07, 6.45) is 6.28. The summed E-state index contributed by atoms with van der Waals surface area (Å²) in [7, 11) is 1.91. The maximum absolute atomic E-state index is 11.8. The van der Waals surface area contributed by atoms with Crippen molar-refractivity contribution in [1.82, 2.24) is 5.32 Å². The number of nitrogens with two attached hydrogens (primary N) is 1. The van der Waals surface area contributed by atoms with Gasteiger partial charge in [0.2, 0.25) is 5.91 Å². The number of amides is 1. The highest BCUT2D eigenvalue weighted by Gasteiger charge is 2.59. The van der Waals surface area contributed by atoms with Crippen LogP contribution in [-0.2, 0) is 4.79 Å². The Kier molecular flexibility index (Phi) is 1.91. The van der Waals surface area contributed by atoms with Gasteiger partial charge in [0.05, 0.1) is 0 Å². The Hall–Kier alpha value is -0.570. The molecule has 0 unspecified atom stereocenters. The molecule has 0 atom stereocenters. The molecule has 1 amide bonds. The molecule has 0 saturated heterocycles. The van der Waals surface area contributed by atoms with Crippen molar-refractivity contribution in [1.29, 1.82) is 0 Å². The normalized spacial score (nSPS) is 52.1. The van der Waals surface area contributed by atoms with Gasteiger partial charge in [0.1, 0.15) is 5.54 Å². The molecule has 3 nitrogen and oxygen atoms in total. The standard InChI is InChI=1S/C12H20N2O/c1-14-12(11(13)15)9-3-7-2-8(5-9)6-10(12)4-7/h7-10,14H,2-6H2,1H3,(H2,13,15). The fourth-order valence-corrected chi connectivity index (χ4v) is 4.86. The zero-order valence-corrected chi connectivity index (χ0v) is 9.33. The molecule has 4 aliphatic rings. The van der Waals surface area contributed by atoms with Crippen molar-refractivity contribution in [3.8, 4) is 0 Å². The third-order valence-electron chi connectivity index (χ3n) is 5.25. The van der Waals surface area contributed by atoms with Crippen molar-refractivity contribution < 1.29 is 4.79 Å². The minimum Gasteiger partial charge on any atom is -0.368 e. The number of carbonyl (C=O) groups excluding carboxylic acids is 1. The van der Waals surface area contributed by atoms with Gasteiger partial charge in [-0.1, -0.05) is 0 Å². The Morgan fingerprint density at radius 1 is 1.13 bits per heavy atom. The number of hydrogen-bond acceptors (Lipinski definition) is 2. The lowest BCUT2D eigenvalue weighted by Gasteiger charge is -2.59. The average molecular weight is 208 g/mol. The van der Waals surface area contributed by atoms with E-state index in [4.69, 9.17) is 5.73 Å². The Morgan fingerprint density at radius 3 is 1.93 bits per heavy atom. The van der Waals surface area contributed by atoms with Crippen LogP contribution in [0.2, 0.25) is 0 Å². The monoisotopic (exact) mass is 208 g/mol. The van der Waals surface area contributed by atoms with E-state index < -0.39 is 0 Å². The molecule has 84 valence electrons. The van der Waals surface area contributed by atoms with Crippen molar-refractivity contribution in [2.45, 2.75) is 37.6 Å². The van der Waals surface area contributed by atoms with E-state index in [1.165, 1.54) is 32.1 Å². The molecule has 0 radical (unpaired) electrons. The second kappa shape index (κ2) is 2.97. The lowest BCUT2D eigenvalue weighted by Crippen LogP contribution is -2.69. The topological polar surface area (TPSA) is 55.1 Å². The van der Waals surface area contributed by atoms with E-state index in [0.717, 1.165) is 11.8 Å². The summed E-state index contributed by atoms with van der Waals surface area (Å²) < 4.78 is 0. The number of primary amides is 1. The quantitative estimate of drug-likeness (QED) is 0.708. The van der Waals surface area contributed by atoms with Crippen molar-refractivity contribution in [2.75, 3.05) is 7.05 Å². The molecule has 0 aromatic carbocycles. The van der Waals surface area contributed by atoms with Crippen LogP contribution in [0.3, 0.4) is 0 Å². The van der Waals surface area contributed by atoms with Crippen LogP contribution in [0.1, 0.15) is 32.1 Å². The van der Waals surface area contributed by atoms with E-state index in [1.807, 2.05) is 7.05 Å². The first-order valence-corrected chi connectivity index (χ1v) is 6.15. The number of nitrogens with one attached hydrogen (secondary N) is 1. The molecular formula is C12H20N2O. The smallest absolute Gasteiger partial charge is 0.238 e. The van der Waals surface area contributed by atoms with Gasteiger partial charge in [-0.25, -0.2) is 0 Å². The molecule has 4 rings (SSSR count). The summed E-state index contributed by atoms with van der Waals surface area (Å²) >= 11 is 0. The second-order valence-corrected chi connectivity index (χ2v) is 5.79. The fourth-order valence-electron chi connectivity index (χ4n) is 4.86. The van der Waals surface area contributed by atoms with Gasteiger partial charge in [-0.05, 0) is 62.8 Å².